The Hall–Kier alpha value is -13.8. The lowest BCUT2D eigenvalue weighted by molar-refractivity contribution is 0.669. The summed E-state index contributed by atoms with van der Waals surface area (Å²) in [4.78, 5) is 31.7. The maximum Gasteiger partial charge on any atom is 0.161 e. The number of hydrogen-bond acceptors (Lipinski definition) is 8. The zero-order valence-electron chi connectivity index (χ0n) is 54.8. The van der Waals surface area contributed by atoms with Gasteiger partial charge in [-0.2, -0.15) is 0 Å². The molecule has 8 heteroatoms. The molecule has 474 valence electrons. The highest BCUT2D eigenvalue weighted by molar-refractivity contribution is 6.20. The minimum Gasteiger partial charge on any atom is -0.454 e. The maximum absolute atomic E-state index is 6.76. The van der Waals surface area contributed by atoms with Crippen molar-refractivity contribution in [3.8, 4) is 123 Å². The molecule has 6 heterocycles. The van der Waals surface area contributed by atoms with Gasteiger partial charge in [0, 0.05) is 67.7 Å². The van der Waals surface area contributed by atoms with Crippen molar-refractivity contribution < 1.29 is 8.83 Å². The van der Waals surface area contributed by atoms with Crippen molar-refractivity contribution in [2.24, 2.45) is 0 Å². The smallest absolute Gasteiger partial charge is 0.161 e. The van der Waals surface area contributed by atoms with Crippen LogP contribution >= 0.6 is 0 Å². The molecule has 20 aromatic rings. The van der Waals surface area contributed by atoms with Crippen LogP contribution in [0.2, 0.25) is 0 Å². The van der Waals surface area contributed by atoms with Crippen LogP contribution in [0.5, 0.6) is 0 Å². The molecule has 0 N–H and O–H groups in total. The average Bonchev–Trinajstić information content (AvgIpc) is 1.75. The first-order chi connectivity index (χ1) is 50.5. The highest BCUT2D eigenvalue weighted by atomic mass is 16.3. The Kier molecular flexibility index (Phi) is 13.7. The topological polar surface area (TPSA) is 104 Å². The van der Waals surface area contributed by atoms with E-state index >= 15 is 0 Å². The molecule has 0 aliphatic rings. The van der Waals surface area contributed by atoms with Crippen LogP contribution in [-0.2, 0) is 0 Å². The summed E-state index contributed by atoms with van der Waals surface area (Å²) in [5, 5.41) is 11.1. The summed E-state index contributed by atoms with van der Waals surface area (Å²) in [6.45, 7) is 0. The molecule has 0 amide bonds. The molecule has 102 heavy (non-hydrogen) atoms. The van der Waals surface area contributed by atoms with E-state index in [1.165, 1.54) is 10.8 Å². The van der Waals surface area contributed by atoms with Crippen LogP contribution in [0.25, 0.3) is 211 Å². The number of nitrogens with zero attached hydrogens (tertiary/aromatic N) is 6. The van der Waals surface area contributed by atoms with Gasteiger partial charge in [0.25, 0.3) is 0 Å². The lowest BCUT2D eigenvalue weighted by Gasteiger charge is -2.17. The van der Waals surface area contributed by atoms with Crippen molar-refractivity contribution in [3.05, 3.63) is 340 Å². The second kappa shape index (κ2) is 24.0. The van der Waals surface area contributed by atoms with E-state index in [0.29, 0.717) is 17.2 Å². The van der Waals surface area contributed by atoms with Gasteiger partial charge >= 0.3 is 0 Å². The molecule has 20 rings (SSSR count). The summed E-state index contributed by atoms with van der Waals surface area (Å²) in [5.41, 5.74) is 23.6. The van der Waals surface area contributed by atoms with E-state index in [4.69, 9.17) is 38.7 Å². The zero-order chi connectivity index (χ0) is 67.2. The summed E-state index contributed by atoms with van der Waals surface area (Å²) >= 11 is 0. The van der Waals surface area contributed by atoms with Crippen LogP contribution in [-0.4, -0.2) is 29.9 Å². The van der Waals surface area contributed by atoms with Gasteiger partial charge in [0.2, 0.25) is 0 Å². The third-order valence-electron chi connectivity index (χ3n) is 19.9. The van der Waals surface area contributed by atoms with Gasteiger partial charge in [0.05, 0.1) is 22.8 Å². The highest BCUT2D eigenvalue weighted by Gasteiger charge is 2.23. The van der Waals surface area contributed by atoms with E-state index in [1.807, 2.05) is 79.1 Å². The van der Waals surface area contributed by atoms with E-state index in [-0.39, 0.29) is 0 Å². The van der Waals surface area contributed by atoms with E-state index in [2.05, 4.69) is 261 Å². The van der Waals surface area contributed by atoms with Gasteiger partial charge in [-0.25, -0.2) is 19.9 Å². The Bertz CT molecular complexity index is 6710. The molecular formula is C94H56N6O2. The second-order valence-electron chi connectivity index (χ2n) is 26.0. The fourth-order valence-electron chi connectivity index (χ4n) is 15.1. The number of hydrogen-bond donors (Lipinski definition) is 0. The van der Waals surface area contributed by atoms with Crippen molar-refractivity contribution in [3.63, 3.8) is 0 Å². The predicted octanol–water partition coefficient (Wildman–Crippen LogP) is 24.8. The Morgan fingerprint density at radius 1 is 0.206 bits per heavy atom. The van der Waals surface area contributed by atoms with Crippen LogP contribution in [0.1, 0.15) is 0 Å². The molecule has 0 radical (unpaired) electrons. The van der Waals surface area contributed by atoms with Crippen LogP contribution in [0.4, 0.5) is 0 Å². The number of pyridine rings is 2. The van der Waals surface area contributed by atoms with Crippen molar-refractivity contribution in [2.45, 2.75) is 0 Å². The van der Waals surface area contributed by atoms with Crippen LogP contribution in [0.15, 0.2) is 349 Å². The number of aromatic nitrogens is 6. The van der Waals surface area contributed by atoms with Crippen LogP contribution in [0, 0.1) is 0 Å². The standard InChI is InChI=1S/C94H56N6O2/c1-4-22-57(23-5-1)82-55-83(58-24-6-2-7-25-58)98-94(97-82)69-51-65(74-43-45-96-90-79-37-17-19-41-87(79)102-92(74)90)48-67(52-69)81-54-62-29-11-13-33-71(62)88-72(38-21-39-77(81)88)60-30-20-31-63(46-60)84-56-85(100-93(99-84)59-26-8-3-9-27-59)68-49-64(73-42-44-95-89-78-36-16-18-40-86(78)101-91(73)89)47-66(50-68)80-53-61-28-10-12-32-70(61)75-34-14-15-35-76(75)80/h1-56H. The van der Waals surface area contributed by atoms with E-state index in [0.717, 1.165) is 183 Å². The Labute approximate surface area is 585 Å². The number of benzene rings is 14. The number of para-hydroxylation sites is 2. The fourth-order valence-corrected chi connectivity index (χ4v) is 15.1. The van der Waals surface area contributed by atoms with Gasteiger partial charge in [-0.3, -0.25) is 9.97 Å². The Balaban J connectivity index is 0.779. The fraction of sp³-hybridized carbons (Fsp3) is 0. The van der Waals surface area contributed by atoms with E-state index < -0.39 is 0 Å². The number of rotatable bonds is 11. The summed E-state index contributed by atoms with van der Waals surface area (Å²) in [7, 11) is 0. The molecule has 0 spiro atoms. The molecule has 6 aromatic heterocycles. The molecule has 0 fully saturated rings. The molecule has 0 unspecified atom stereocenters. The molecule has 0 aliphatic heterocycles. The highest BCUT2D eigenvalue weighted by Crippen LogP contribution is 2.47. The summed E-state index contributed by atoms with van der Waals surface area (Å²) in [6.07, 6.45) is 3.77. The first-order valence-electron chi connectivity index (χ1n) is 34.3. The SMILES string of the molecule is c1ccc(-c2cc(-c3ccccc3)nc(-c3cc(-c4cc5ccccc5c5c(-c6cccc(-c7cc(-c8cc(-c9cc%10ccccc%10c%10ccccc9%10)cc(-c9ccnc%10c9oc9ccccc9%10)c8)nc(-c8ccccc8)n7)c6)cccc45)cc(-c4ccnc5c4oc4ccccc45)c3)n2)cc1. The van der Waals surface area contributed by atoms with Gasteiger partial charge < -0.3 is 8.83 Å². The molecule has 0 saturated heterocycles. The van der Waals surface area contributed by atoms with Crippen LogP contribution < -0.4 is 0 Å². The molecule has 0 aliphatic carbocycles. The lowest BCUT2D eigenvalue weighted by Crippen LogP contribution is -1.97. The minimum atomic E-state index is 0.601. The van der Waals surface area contributed by atoms with E-state index in [9.17, 15) is 0 Å². The van der Waals surface area contributed by atoms with Crippen molar-refractivity contribution >= 4 is 87.2 Å². The predicted molar refractivity (Wildman–Crippen MR) is 418 cm³/mol. The first-order valence-corrected chi connectivity index (χ1v) is 34.3. The normalized spacial score (nSPS) is 11.7. The maximum atomic E-state index is 6.76. The number of fused-ring (bicyclic) bond motifs is 12. The molecule has 0 bridgehead atoms. The number of furan rings is 2. The minimum absolute atomic E-state index is 0.601. The average molecular weight is 1300 g/mol. The van der Waals surface area contributed by atoms with Gasteiger partial charge in [0.15, 0.2) is 22.8 Å². The lowest BCUT2D eigenvalue weighted by atomic mass is 9.87. The molecule has 8 nitrogen and oxygen atoms in total. The summed E-state index contributed by atoms with van der Waals surface area (Å²) in [5.74, 6) is 1.22. The third-order valence-corrected chi connectivity index (χ3v) is 19.9. The van der Waals surface area contributed by atoms with Gasteiger partial charge in [0.1, 0.15) is 22.2 Å². The van der Waals surface area contributed by atoms with Gasteiger partial charge in [-0.1, -0.05) is 224 Å². The molecule has 14 aromatic carbocycles. The summed E-state index contributed by atoms with van der Waals surface area (Å²) in [6, 6.07) is 115. The zero-order valence-corrected chi connectivity index (χ0v) is 54.8. The van der Waals surface area contributed by atoms with Crippen LogP contribution in [0.3, 0.4) is 0 Å². The van der Waals surface area contributed by atoms with Crippen molar-refractivity contribution in [1.82, 2.24) is 29.9 Å². The third kappa shape index (κ3) is 10.1. The first kappa shape index (κ1) is 58.3. The monoisotopic (exact) mass is 1300 g/mol. The van der Waals surface area contributed by atoms with Gasteiger partial charge in [-0.05, 0) is 191 Å². The van der Waals surface area contributed by atoms with Gasteiger partial charge in [-0.15, -0.1) is 0 Å². The Morgan fingerprint density at radius 3 is 1.18 bits per heavy atom. The van der Waals surface area contributed by atoms with Crippen molar-refractivity contribution in [1.29, 1.82) is 0 Å². The molecular weight excluding hydrogens is 1250 g/mol. The quantitative estimate of drug-likeness (QED) is 0.118. The summed E-state index contributed by atoms with van der Waals surface area (Å²) < 4.78 is 13.5. The largest absolute Gasteiger partial charge is 0.454 e. The van der Waals surface area contributed by atoms with Crippen molar-refractivity contribution in [2.75, 3.05) is 0 Å². The second-order valence-corrected chi connectivity index (χ2v) is 26.0. The molecule has 0 atom stereocenters. The van der Waals surface area contributed by atoms with E-state index in [1.54, 1.807) is 0 Å². The molecule has 0 saturated carbocycles. The Morgan fingerprint density at radius 2 is 0.588 bits per heavy atom.